The monoisotopic (exact) mass is 267 g/mol. The van der Waals surface area contributed by atoms with Gasteiger partial charge in [0.2, 0.25) is 5.89 Å². The van der Waals surface area contributed by atoms with E-state index in [9.17, 15) is 0 Å². The molecule has 2 heterocycles. The third-order valence-electron chi connectivity index (χ3n) is 3.65. The zero-order valence-electron chi connectivity index (χ0n) is 12.2. The molecule has 19 heavy (non-hydrogen) atoms. The van der Waals surface area contributed by atoms with Crippen LogP contribution in [-0.2, 0) is 12.0 Å². The summed E-state index contributed by atoms with van der Waals surface area (Å²) in [6.07, 6.45) is 4.37. The SMILES string of the molecule is CC(C)(C)c1nc(CN2CCCC2CCCO)no1. The molecule has 1 atom stereocenters. The van der Waals surface area contributed by atoms with Crippen LogP contribution in [0.3, 0.4) is 0 Å². The van der Waals surface area contributed by atoms with Gasteiger partial charge in [-0.25, -0.2) is 0 Å². The molecule has 5 heteroatoms. The molecule has 1 N–H and O–H groups in total. The fourth-order valence-electron chi connectivity index (χ4n) is 2.56. The maximum absolute atomic E-state index is 8.94. The van der Waals surface area contributed by atoms with Gasteiger partial charge in [0.15, 0.2) is 5.82 Å². The van der Waals surface area contributed by atoms with Crippen LogP contribution in [0.1, 0.15) is 58.2 Å². The second kappa shape index (κ2) is 6.01. The Bertz CT molecular complexity index is 398. The Labute approximate surface area is 115 Å². The van der Waals surface area contributed by atoms with Crippen molar-refractivity contribution in [1.82, 2.24) is 15.0 Å². The molecule has 0 bridgehead atoms. The fourth-order valence-corrected chi connectivity index (χ4v) is 2.56. The average Bonchev–Trinajstić information content (AvgIpc) is 2.95. The lowest BCUT2D eigenvalue weighted by atomic mass is 9.97. The van der Waals surface area contributed by atoms with E-state index in [4.69, 9.17) is 9.63 Å². The minimum atomic E-state index is -0.0907. The maximum atomic E-state index is 8.94. The summed E-state index contributed by atoms with van der Waals surface area (Å²) in [6, 6.07) is 0.559. The minimum Gasteiger partial charge on any atom is -0.396 e. The van der Waals surface area contributed by atoms with E-state index in [0.717, 1.165) is 31.8 Å². The van der Waals surface area contributed by atoms with E-state index in [0.29, 0.717) is 11.9 Å². The molecule has 5 nitrogen and oxygen atoms in total. The summed E-state index contributed by atoms with van der Waals surface area (Å²) in [6.45, 7) is 8.35. The van der Waals surface area contributed by atoms with Crippen LogP contribution in [0.15, 0.2) is 4.52 Å². The first-order chi connectivity index (χ1) is 9.00. The molecule has 0 spiro atoms. The smallest absolute Gasteiger partial charge is 0.232 e. The number of aliphatic hydroxyl groups excluding tert-OH is 1. The molecule has 0 aromatic carbocycles. The Hall–Kier alpha value is -0.940. The first kappa shape index (κ1) is 14.5. The van der Waals surface area contributed by atoms with Gasteiger partial charge in [0.1, 0.15) is 0 Å². The van der Waals surface area contributed by atoms with Gasteiger partial charge in [-0.1, -0.05) is 25.9 Å². The molecule has 1 saturated heterocycles. The molecule has 0 saturated carbocycles. The van der Waals surface area contributed by atoms with Crippen molar-refractivity contribution in [2.75, 3.05) is 13.2 Å². The molecule has 1 aliphatic rings. The largest absolute Gasteiger partial charge is 0.396 e. The maximum Gasteiger partial charge on any atom is 0.232 e. The molecular weight excluding hydrogens is 242 g/mol. The van der Waals surface area contributed by atoms with Gasteiger partial charge in [-0.3, -0.25) is 4.90 Å². The molecule has 0 amide bonds. The Morgan fingerprint density at radius 2 is 2.21 bits per heavy atom. The van der Waals surface area contributed by atoms with Crippen molar-refractivity contribution in [2.45, 2.75) is 64.5 Å². The van der Waals surface area contributed by atoms with Crippen LogP contribution in [0.4, 0.5) is 0 Å². The highest BCUT2D eigenvalue weighted by Gasteiger charge is 2.27. The lowest BCUT2D eigenvalue weighted by Crippen LogP contribution is -2.29. The van der Waals surface area contributed by atoms with Crippen LogP contribution in [-0.4, -0.2) is 39.3 Å². The highest BCUT2D eigenvalue weighted by Crippen LogP contribution is 2.24. The molecule has 1 aromatic rings. The van der Waals surface area contributed by atoms with Gasteiger partial charge in [0.05, 0.1) is 6.54 Å². The summed E-state index contributed by atoms with van der Waals surface area (Å²) in [5, 5.41) is 13.0. The van der Waals surface area contributed by atoms with Crippen molar-refractivity contribution in [3.05, 3.63) is 11.7 Å². The summed E-state index contributed by atoms with van der Waals surface area (Å²) in [5.41, 5.74) is -0.0907. The van der Waals surface area contributed by atoms with E-state index in [1.54, 1.807) is 0 Å². The van der Waals surface area contributed by atoms with Crippen molar-refractivity contribution in [2.24, 2.45) is 0 Å². The second-order valence-electron chi connectivity index (χ2n) is 6.40. The van der Waals surface area contributed by atoms with Crippen molar-refractivity contribution < 1.29 is 9.63 Å². The van der Waals surface area contributed by atoms with Crippen LogP contribution in [0.2, 0.25) is 0 Å². The van der Waals surface area contributed by atoms with Crippen LogP contribution in [0.5, 0.6) is 0 Å². The number of nitrogens with zero attached hydrogens (tertiary/aromatic N) is 3. The van der Waals surface area contributed by atoms with Crippen LogP contribution >= 0.6 is 0 Å². The van der Waals surface area contributed by atoms with Gasteiger partial charge in [-0.15, -0.1) is 0 Å². The highest BCUT2D eigenvalue weighted by atomic mass is 16.5. The predicted molar refractivity (Wildman–Crippen MR) is 72.7 cm³/mol. The lowest BCUT2D eigenvalue weighted by molar-refractivity contribution is 0.204. The van der Waals surface area contributed by atoms with Crippen molar-refractivity contribution in [3.8, 4) is 0 Å². The van der Waals surface area contributed by atoms with E-state index in [1.165, 1.54) is 12.8 Å². The molecule has 1 unspecified atom stereocenters. The number of hydrogen-bond donors (Lipinski definition) is 1. The van der Waals surface area contributed by atoms with Crippen LogP contribution < -0.4 is 0 Å². The zero-order valence-corrected chi connectivity index (χ0v) is 12.2. The van der Waals surface area contributed by atoms with Gasteiger partial charge in [-0.2, -0.15) is 4.98 Å². The normalized spacial score (nSPS) is 21.2. The molecule has 0 radical (unpaired) electrons. The molecule has 108 valence electrons. The number of rotatable bonds is 5. The third-order valence-corrected chi connectivity index (χ3v) is 3.65. The Morgan fingerprint density at radius 1 is 1.42 bits per heavy atom. The van der Waals surface area contributed by atoms with Crippen molar-refractivity contribution in [1.29, 1.82) is 0 Å². The molecule has 1 aliphatic heterocycles. The van der Waals surface area contributed by atoms with Gasteiger partial charge in [0, 0.05) is 18.1 Å². The summed E-state index contributed by atoms with van der Waals surface area (Å²) in [7, 11) is 0. The topological polar surface area (TPSA) is 62.4 Å². The van der Waals surface area contributed by atoms with E-state index in [-0.39, 0.29) is 12.0 Å². The number of aliphatic hydroxyl groups is 1. The standard InChI is InChI=1S/C14H25N3O2/c1-14(2,3)13-15-12(16-19-13)10-17-8-4-6-11(17)7-5-9-18/h11,18H,4-10H2,1-3H3. The Morgan fingerprint density at radius 3 is 2.84 bits per heavy atom. The van der Waals surface area contributed by atoms with Gasteiger partial charge < -0.3 is 9.63 Å². The van der Waals surface area contributed by atoms with E-state index < -0.39 is 0 Å². The third kappa shape index (κ3) is 3.76. The van der Waals surface area contributed by atoms with Gasteiger partial charge in [-0.05, 0) is 32.2 Å². The summed E-state index contributed by atoms with van der Waals surface area (Å²) >= 11 is 0. The van der Waals surface area contributed by atoms with Crippen molar-refractivity contribution >= 4 is 0 Å². The summed E-state index contributed by atoms with van der Waals surface area (Å²) in [5.74, 6) is 1.48. The first-order valence-electron chi connectivity index (χ1n) is 7.18. The summed E-state index contributed by atoms with van der Waals surface area (Å²) < 4.78 is 5.33. The molecule has 1 aromatic heterocycles. The van der Waals surface area contributed by atoms with E-state index in [2.05, 4.69) is 35.8 Å². The second-order valence-corrected chi connectivity index (χ2v) is 6.40. The molecule has 0 aliphatic carbocycles. The number of hydrogen-bond acceptors (Lipinski definition) is 5. The number of aromatic nitrogens is 2. The lowest BCUT2D eigenvalue weighted by Gasteiger charge is -2.22. The quantitative estimate of drug-likeness (QED) is 0.885. The Balaban J connectivity index is 1.94. The van der Waals surface area contributed by atoms with E-state index >= 15 is 0 Å². The van der Waals surface area contributed by atoms with Crippen LogP contribution in [0, 0.1) is 0 Å². The van der Waals surface area contributed by atoms with Gasteiger partial charge in [0.25, 0.3) is 0 Å². The molecule has 1 fully saturated rings. The Kier molecular flexibility index (Phi) is 4.58. The minimum absolute atomic E-state index is 0.0907. The summed E-state index contributed by atoms with van der Waals surface area (Å²) in [4.78, 5) is 6.90. The average molecular weight is 267 g/mol. The fraction of sp³-hybridized carbons (Fsp3) is 0.857. The van der Waals surface area contributed by atoms with Crippen LogP contribution in [0.25, 0.3) is 0 Å². The predicted octanol–water partition coefficient (Wildman–Crippen LogP) is 2.10. The molecule has 2 rings (SSSR count). The van der Waals surface area contributed by atoms with E-state index in [1.807, 2.05) is 0 Å². The molecular formula is C14H25N3O2. The zero-order chi connectivity index (χ0) is 13.9. The first-order valence-corrected chi connectivity index (χ1v) is 7.18. The highest BCUT2D eigenvalue weighted by molar-refractivity contribution is 4.98. The number of likely N-dealkylation sites (tertiary alicyclic amines) is 1. The van der Waals surface area contributed by atoms with Gasteiger partial charge >= 0.3 is 0 Å². The van der Waals surface area contributed by atoms with Crippen molar-refractivity contribution in [3.63, 3.8) is 0 Å².